The summed E-state index contributed by atoms with van der Waals surface area (Å²) in [5.41, 5.74) is 3.07. The topological polar surface area (TPSA) is 49.9 Å². The summed E-state index contributed by atoms with van der Waals surface area (Å²) in [6, 6.07) is 11.3. The number of hydrogen-bond donors (Lipinski definition) is 1. The molecule has 1 aromatic heterocycles. The summed E-state index contributed by atoms with van der Waals surface area (Å²) < 4.78 is 0. The Morgan fingerprint density at radius 2 is 1.71 bits per heavy atom. The second-order valence-electron chi connectivity index (χ2n) is 3.84. The van der Waals surface area contributed by atoms with Crippen LogP contribution in [0.3, 0.4) is 0 Å². The highest BCUT2D eigenvalue weighted by molar-refractivity contribution is 5.62. The van der Waals surface area contributed by atoms with Crippen molar-refractivity contribution in [2.24, 2.45) is 0 Å². The van der Waals surface area contributed by atoms with Crippen molar-refractivity contribution in [2.75, 3.05) is 0 Å². The number of H-pyrrole nitrogens is 1. The van der Waals surface area contributed by atoms with Gasteiger partial charge in [-0.25, -0.2) is 0 Å². The SMILES string of the molecule is O=CCCc1ccc(-c2ccc(=O)[nH]c2)cc1. The molecule has 0 unspecified atom stereocenters. The van der Waals surface area contributed by atoms with Crippen LogP contribution in [-0.2, 0) is 11.2 Å². The van der Waals surface area contributed by atoms with E-state index in [1.54, 1.807) is 12.3 Å². The number of benzene rings is 1. The molecule has 1 aromatic carbocycles. The van der Waals surface area contributed by atoms with Crippen molar-refractivity contribution in [1.29, 1.82) is 0 Å². The van der Waals surface area contributed by atoms with Gasteiger partial charge in [0.15, 0.2) is 0 Å². The molecular weight excluding hydrogens is 214 g/mol. The molecule has 0 aliphatic carbocycles. The maximum atomic E-state index is 10.9. The van der Waals surface area contributed by atoms with Gasteiger partial charge in [0.05, 0.1) is 0 Å². The molecule has 0 amide bonds. The first kappa shape index (κ1) is 11.3. The Balaban J connectivity index is 2.20. The average molecular weight is 227 g/mol. The lowest BCUT2D eigenvalue weighted by atomic mass is 10.0. The highest BCUT2D eigenvalue weighted by atomic mass is 16.1. The van der Waals surface area contributed by atoms with Gasteiger partial charge < -0.3 is 9.78 Å². The molecule has 2 aromatic rings. The van der Waals surface area contributed by atoms with Crippen LogP contribution in [0, 0.1) is 0 Å². The zero-order valence-electron chi connectivity index (χ0n) is 9.35. The van der Waals surface area contributed by atoms with E-state index in [1.807, 2.05) is 24.3 Å². The quantitative estimate of drug-likeness (QED) is 0.814. The van der Waals surface area contributed by atoms with E-state index in [-0.39, 0.29) is 5.56 Å². The zero-order valence-corrected chi connectivity index (χ0v) is 9.35. The van der Waals surface area contributed by atoms with Crippen LogP contribution >= 0.6 is 0 Å². The van der Waals surface area contributed by atoms with Gasteiger partial charge in [-0.3, -0.25) is 4.79 Å². The van der Waals surface area contributed by atoms with Gasteiger partial charge in [0.25, 0.3) is 0 Å². The number of nitrogens with one attached hydrogen (secondary N) is 1. The molecule has 86 valence electrons. The largest absolute Gasteiger partial charge is 0.328 e. The molecule has 0 fully saturated rings. The Bertz CT molecular complexity index is 535. The van der Waals surface area contributed by atoms with Crippen molar-refractivity contribution in [2.45, 2.75) is 12.8 Å². The van der Waals surface area contributed by atoms with Crippen molar-refractivity contribution in [3.05, 3.63) is 58.5 Å². The van der Waals surface area contributed by atoms with Crippen molar-refractivity contribution in [3.63, 3.8) is 0 Å². The summed E-state index contributed by atoms with van der Waals surface area (Å²) in [7, 11) is 0. The second kappa shape index (κ2) is 5.25. The molecule has 0 saturated carbocycles. The summed E-state index contributed by atoms with van der Waals surface area (Å²) in [6.45, 7) is 0. The Labute approximate surface area is 99.1 Å². The monoisotopic (exact) mass is 227 g/mol. The number of aromatic nitrogens is 1. The van der Waals surface area contributed by atoms with Crippen LogP contribution in [-0.4, -0.2) is 11.3 Å². The van der Waals surface area contributed by atoms with Crippen molar-refractivity contribution in [1.82, 2.24) is 4.98 Å². The van der Waals surface area contributed by atoms with E-state index in [9.17, 15) is 9.59 Å². The Morgan fingerprint density at radius 3 is 2.29 bits per heavy atom. The molecule has 2 rings (SSSR count). The van der Waals surface area contributed by atoms with Gasteiger partial charge in [-0.15, -0.1) is 0 Å². The van der Waals surface area contributed by atoms with E-state index in [0.717, 1.165) is 29.4 Å². The highest BCUT2D eigenvalue weighted by Crippen LogP contribution is 2.18. The van der Waals surface area contributed by atoms with Gasteiger partial charge in [0.2, 0.25) is 5.56 Å². The first-order valence-corrected chi connectivity index (χ1v) is 5.51. The molecule has 1 N–H and O–H groups in total. The van der Waals surface area contributed by atoms with E-state index >= 15 is 0 Å². The number of carbonyl (C=O) groups is 1. The predicted octanol–water partition coefficient (Wildman–Crippen LogP) is 2.17. The van der Waals surface area contributed by atoms with E-state index < -0.39 is 0 Å². The Kier molecular flexibility index (Phi) is 3.50. The fourth-order valence-corrected chi connectivity index (χ4v) is 1.68. The highest BCUT2D eigenvalue weighted by Gasteiger charge is 1.98. The number of aromatic amines is 1. The molecule has 0 aliphatic heterocycles. The number of rotatable bonds is 4. The average Bonchev–Trinajstić information content (AvgIpc) is 2.38. The summed E-state index contributed by atoms with van der Waals surface area (Å²) in [5, 5.41) is 0. The van der Waals surface area contributed by atoms with E-state index in [1.165, 1.54) is 6.07 Å². The minimum Gasteiger partial charge on any atom is -0.328 e. The van der Waals surface area contributed by atoms with Gasteiger partial charge in [0, 0.05) is 18.7 Å². The van der Waals surface area contributed by atoms with Crippen LogP contribution in [0.15, 0.2) is 47.4 Å². The molecule has 0 radical (unpaired) electrons. The normalized spacial score (nSPS) is 10.1. The van der Waals surface area contributed by atoms with Crippen LogP contribution in [0.25, 0.3) is 11.1 Å². The van der Waals surface area contributed by atoms with Crippen LogP contribution in [0.5, 0.6) is 0 Å². The lowest BCUT2D eigenvalue weighted by Crippen LogP contribution is -2.01. The number of carbonyl (C=O) groups excluding carboxylic acids is 1. The number of hydrogen-bond acceptors (Lipinski definition) is 2. The Morgan fingerprint density at radius 1 is 1.00 bits per heavy atom. The van der Waals surface area contributed by atoms with Crippen molar-refractivity contribution >= 4 is 6.29 Å². The molecule has 1 heterocycles. The fraction of sp³-hybridized carbons (Fsp3) is 0.143. The molecule has 0 aliphatic rings. The predicted molar refractivity (Wildman–Crippen MR) is 66.9 cm³/mol. The number of aldehydes is 1. The maximum Gasteiger partial charge on any atom is 0.247 e. The number of aryl methyl sites for hydroxylation is 1. The lowest BCUT2D eigenvalue weighted by Gasteiger charge is -2.02. The van der Waals surface area contributed by atoms with Gasteiger partial charge in [-0.2, -0.15) is 0 Å². The second-order valence-corrected chi connectivity index (χ2v) is 3.84. The molecule has 0 spiro atoms. The van der Waals surface area contributed by atoms with E-state index in [2.05, 4.69) is 4.98 Å². The van der Waals surface area contributed by atoms with Crippen molar-refractivity contribution in [3.8, 4) is 11.1 Å². The van der Waals surface area contributed by atoms with Gasteiger partial charge >= 0.3 is 0 Å². The van der Waals surface area contributed by atoms with Crippen LogP contribution < -0.4 is 5.56 Å². The third-order valence-electron chi connectivity index (χ3n) is 2.62. The first-order valence-electron chi connectivity index (χ1n) is 5.51. The third-order valence-corrected chi connectivity index (χ3v) is 2.62. The molecule has 17 heavy (non-hydrogen) atoms. The summed E-state index contributed by atoms with van der Waals surface area (Å²) >= 11 is 0. The van der Waals surface area contributed by atoms with E-state index in [4.69, 9.17) is 0 Å². The van der Waals surface area contributed by atoms with Gasteiger partial charge in [-0.05, 0) is 29.2 Å². The number of pyridine rings is 1. The molecule has 3 nitrogen and oxygen atoms in total. The first-order chi connectivity index (χ1) is 8.29. The molecular formula is C14H13NO2. The zero-order chi connectivity index (χ0) is 12.1. The summed E-state index contributed by atoms with van der Waals surface area (Å²) in [5.74, 6) is 0. The minimum atomic E-state index is -0.101. The van der Waals surface area contributed by atoms with Crippen molar-refractivity contribution < 1.29 is 4.79 Å². The molecule has 0 atom stereocenters. The molecule has 3 heteroatoms. The Hall–Kier alpha value is -2.16. The van der Waals surface area contributed by atoms with Gasteiger partial charge in [0.1, 0.15) is 6.29 Å². The third kappa shape index (κ3) is 2.91. The molecule has 0 bridgehead atoms. The summed E-state index contributed by atoms with van der Waals surface area (Å²) in [4.78, 5) is 23.8. The molecule has 0 saturated heterocycles. The van der Waals surface area contributed by atoms with Gasteiger partial charge in [-0.1, -0.05) is 24.3 Å². The van der Waals surface area contributed by atoms with Crippen LogP contribution in [0.2, 0.25) is 0 Å². The standard InChI is InChI=1S/C14H13NO2/c16-9-1-2-11-3-5-12(6-4-11)13-7-8-14(17)15-10-13/h3-10H,1-2H2,(H,15,17). The van der Waals surface area contributed by atoms with Crippen LogP contribution in [0.1, 0.15) is 12.0 Å². The lowest BCUT2D eigenvalue weighted by molar-refractivity contribution is -0.107. The fourth-order valence-electron chi connectivity index (χ4n) is 1.68. The van der Waals surface area contributed by atoms with E-state index in [0.29, 0.717) is 6.42 Å². The smallest absolute Gasteiger partial charge is 0.247 e. The summed E-state index contributed by atoms with van der Waals surface area (Å²) in [6.07, 6.45) is 3.95. The van der Waals surface area contributed by atoms with Crippen LogP contribution in [0.4, 0.5) is 0 Å². The minimum absolute atomic E-state index is 0.101. The maximum absolute atomic E-state index is 10.9.